The van der Waals surface area contributed by atoms with Gasteiger partial charge in [0.05, 0.1) is 5.52 Å². The summed E-state index contributed by atoms with van der Waals surface area (Å²) in [5.41, 5.74) is 8.62. The molecule has 1 aliphatic carbocycles. The van der Waals surface area contributed by atoms with E-state index in [2.05, 4.69) is 10.3 Å². The van der Waals surface area contributed by atoms with E-state index in [4.69, 9.17) is 10.2 Å². The van der Waals surface area contributed by atoms with Gasteiger partial charge in [0, 0.05) is 11.5 Å². The molecular formula is C14H19N3O2. The highest BCUT2D eigenvalue weighted by atomic mass is 16.4. The van der Waals surface area contributed by atoms with Gasteiger partial charge < -0.3 is 15.5 Å². The molecular weight excluding hydrogens is 242 g/mol. The van der Waals surface area contributed by atoms with Crippen molar-refractivity contribution < 1.29 is 4.42 Å². The zero-order valence-electron chi connectivity index (χ0n) is 11.0. The fraction of sp³-hybridized carbons (Fsp3) is 0.500. The number of H-pyrrole nitrogens is 1. The first kappa shape index (κ1) is 12.4. The lowest BCUT2D eigenvalue weighted by atomic mass is 9.62. The Bertz CT molecular complexity index is 634. The highest BCUT2D eigenvalue weighted by Gasteiger charge is 2.43. The quantitative estimate of drug-likeness (QED) is 0.779. The predicted octanol–water partition coefficient (Wildman–Crippen LogP) is 1.51. The molecule has 1 saturated carbocycles. The fourth-order valence-electron chi connectivity index (χ4n) is 3.22. The highest BCUT2D eigenvalue weighted by molar-refractivity contribution is 5.73. The molecule has 2 aromatic rings. The Balaban J connectivity index is 2.03. The zero-order chi connectivity index (χ0) is 13.5. The summed E-state index contributed by atoms with van der Waals surface area (Å²) in [6.45, 7) is 0.679. The second kappa shape index (κ2) is 4.51. The zero-order valence-corrected chi connectivity index (χ0v) is 11.0. The molecule has 1 fully saturated rings. The van der Waals surface area contributed by atoms with Crippen molar-refractivity contribution in [1.29, 1.82) is 0 Å². The van der Waals surface area contributed by atoms with E-state index < -0.39 is 5.76 Å². The van der Waals surface area contributed by atoms with E-state index in [1.165, 1.54) is 6.42 Å². The van der Waals surface area contributed by atoms with Crippen LogP contribution in [0.15, 0.2) is 27.4 Å². The van der Waals surface area contributed by atoms with Gasteiger partial charge in [-0.15, -0.1) is 0 Å². The Labute approximate surface area is 111 Å². The molecule has 1 heterocycles. The van der Waals surface area contributed by atoms with Crippen molar-refractivity contribution in [2.75, 3.05) is 13.6 Å². The molecule has 3 rings (SSSR count). The number of oxazole rings is 1. The summed E-state index contributed by atoms with van der Waals surface area (Å²) < 4.78 is 5.03. The van der Waals surface area contributed by atoms with Gasteiger partial charge >= 0.3 is 5.76 Å². The van der Waals surface area contributed by atoms with Gasteiger partial charge in [-0.25, -0.2) is 4.79 Å². The number of aromatic nitrogens is 1. The van der Waals surface area contributed by atoms with Gasteiger partial charge in [-0.2, -0.15) is 0 Å². The Morgan fingerprint density at radius 3 is 2.89 bits per heavy atom. The number of nitrogens with one attached hydrogen (secondary N) is 2. The molecule has 0 aliphatic heterocycles. The van der Waals surface area contributed by atoms with Crippen molar-refractivity contribution >= 4 is 11.1 Å². The molecule has 0 amide bonds. The standard InChI is InChI=1S/C14H19N3O2/c1-16-12(14(8-15)5-2-6-14)9-3-4-11-10(7-9)17-13(18)19-11/h3-4,7,12,16H,2,5-6,8,15H2,1H3,(H,17,18). The first-order valence-electron chi connectivity index (χ1n) is 6.69. The van der Waals surface area contributed by atoms with Crippen LogP contribution in [-0.4, -0.2) is 18.6 Å². The van der Waals surface area contributed by atoms with E-state index in [0.29, 0.717) is 12.1 Å². The summed E-state index contributed by atoms with van der Waals surface area (Å²) in [5, 5.41) is 3.38. The summed E-state index contributed by atoms with van der Waals surface area (Å²) >= 11 is 0. The molecule has 1 aromatic heterocycles. The van der Waals surface area contributed by atoms with Gasteiger partial charge in [-0.05, 0) is 44.1 Å². The minimum Gasteiger partial charge on any atom is -0.408 e. The smallest absolute Gasteiger partial charge is 0.408 e. The summed E-state index contributed by atoms with van der Waals surface area (Å²) in [5.74, 6) is -0.412. The van der Waals surface area contributed by atoms with Crippen LogP contribution in [-0.2, 0) is 0 Å². The third-order valence-corrected chi connectivity index (χ3v) is 4.43. The normalized spacial score (nSPS) is 19.3. The van der Waals surface area contributed by atoms with Crippen molar-refractivity contribution in [2.45, 2.75) is 25.3 Å². The maximum atomic E-state index is 11.2. The molecule has 5 nitrogen and oxygen atoms in total. The number of benzene rings is 1. The molecule has 1 aromatic carbocycles. The molecule has 5 heteroatoms. The minimum absolute atomic E-state index is 0.145. The number of nitrogens with two attached hydrogens (primary N) is 1. The van der Waals surface area contributed by atoms with Crippen LogP contribution in [0.3, 0.4) is 0 Å². The molecule has 0 radical (unpaired) electrons. The molecule has 4 N–H and O–H groups in total. The molecule has 0 saturated heterocycles. The summed E-state index contributed by atoms with van der Waals surface area (Å²) in [6, 6.07) is 6.05. The average molecular weight is 261 g/mol. The minimum atomic E-state index is -0.412. The Kier molecular flexibility index (Phi) is 2.95. The number of rotatable bonds is 4. The molecule has 0 bridgehead atoms. The van der Waals surface area contributed by atoms with E-state index in [9.17, 15) is 4.79 Å². The molecule has 19 heavy (non-hydrogen) atoms. The van der Waals surface area contributed by atoms with Gasteiger partial charge in [0.1, 0.15) is 0 Å². The lowest BCUT2D eigenvalue weighted by Gasteiger charge is -2.47. The van der Waals surface area contributed by atoms with E-state index in [0.717, 1.165) is 23.9 Å². The number of hydrogen-bond donors (Lipinski definition) is 3. The van der Waals surface area contributed by atoms with E-state index in [1.807, 2.05) is 25.2 Å². The first-order chi connectivity index (χ1) is 9.18. The summed E-state index contributed by atoms with van der Waals surface area (Å²) in [6.07, 6.45) is 3.53. The lowest BCUT2D eigenvalue weighted by molar-refractivity contribution is 0.0880. The van der Waals surface area contributed by atoms with Crippen LogP contribution in [0.25, 0.3) is 11.1 Å². The van der Waals surface area contributed by atoms with Crippen LogP contribution in [0.1, 0.15) is 30.9 Å². The Hall–Kier alpha value is -1.59. The fourth-order valence-corrected chi connectivity index (χ4v) is 3.22. The van der Waals surface area contributed by atoms with Crippen LogP contribution in [0.5, 0.6) is 0 Å². The second-order valence-electron chi connectivity index (χ2n) is 5.41. The van der Waals surface area contributed by atoms with E-state index >= 15 is 0 Å². The van der Waals surface area contributed by atoms with Gasteiger partial charge in [0.25, 0.3) is 0 Å². The number of hydrogen-bond acceptors (Lipinski definition) is 4. The van der Waals surface area contributed by atoms with Crippen LogP contribution >= 0.6 is 0 Å². The second-order valence-corrected chi connectivity index (χ2v) is 5.41. The third kappa shape index (κ3) is 1.89. The van der Waals surface area contributed by atoms with Crippen molar-refractivity contribution in [3.63, 3.8) is 0 Å². The lowest BCUT2D eigenvalue weighted by Crippen LogP contribution is -2.47. The van der Waals surface area contributed by atoms with Gasteiger partial charge in [0.15, 0.2) is 5.58 Å². The summed E-state index contributed by atoms with van der Waals surface area (Å²) in [4.78, 5) is 13.9. The number of aromatic amines is 1. The topological polar surface area (TPSA) is 84.0 Å². The molecule has 1 unspecified atom stereocenters. The maximum absolute atomic E-state index is 11.2. The predicted molar refractivity (Wildman–Crippen MR) is 74.0 cm³/mol. The summed E-state index contributed by atoms with van der Waals surface area (Å²) in [7, 11) is 1.96. The molecule has 1 aliphatic rings. The van der Waals surface area contributed by atoms with Crippen LogP contribution in [0, 0.1) is 5.41 Å². The SMILES string of the molecule is CNC(c1ccc2oc(=O)[nH]c2c1)C1(CN)CCC1. The largest absolute Gasteiger partial charge is 0.417 e. The van der Waals surface area contributed by atoms with Gasteiger partial charge in [-0.3, -0.25) is 4.98 Å². The van der Waals surface area contributed by atoms with Crippen molar-refractivity contribution in [1.82, 2.24) is 10.3 Å². The first-order valence-corrected chi connectivity index (χ1v) is 6.69. The third-order valence-electron chi connectivity index (χ3n) is 4.43. The van der Waals surface area contributed by atoms with Crippen molar-refractivity contribution in [2.24, 2.45) is 11.1 Å². The monoisotopic (exact) mass is 261 g/mol. The molecule has 1 atom stereocenters. The molecule has 102 valence electrons. The van der Waals surface area contributed by atoms with Gasteiger partial charge in [0.2, 0.25) is 0 Å². The highest BCUT2D eigenvalue weighted by Crippen LogP contribution is 2.49. The Morgan fingerprint density at radius 1 is 1.53 bits per heavy atom. The van der Waals surface area contributed by atoms with Crippen molar-refractivity contribution in [3.05, 3.63) is 34.3 Å². The van der Waals surface area contributed by atoms with Crippen LogP contribution in [0.4, 0.5) is 0 Å². The number of fused-ring (bicyclic) bond motifs is 1. The average Bonchev–Trinajstić information content (AvgIpc) is 2.72. The van der Waals surface area contributed by atoms with E-state index in [1.54, 1.807) is 0 Å². The molecule has 0 spiro atoms. The van der Waals surface area contributed by atoms with Crippen LogP contribution in [0.2, 0.25) is 0 Å². The van der Waals surface area contributed by atoms with E-state index in [-0.39, 0.29) is 11.5 Å². The van der Waals surface area contributed by atoms with Gasteiger partial charge in [-0.1, -0.05) is 12.5 Å². The van der Waals surface area contributed by atoms with Crippen LogP contribution < -0.4 is 16.8 Å². The van der Waals surface area contributed by atoms with Crippen molar-refractivity contribution in [3.8, 4) is 0 Å². The maximum Gasteiger partial charge on any atom is 0.417 e. The Morgan fingerprint density at radius 2 is 2.32 bits per heavy atom.